The quantitative estimate of drug-likeness (QED) is 0.803. The zero-order valence-electron chi connectivity index (χ0n) is 10.7. The van der Waals surface area contributed by atoms with Gasteiger partial charge in [-0.05, 0) is 39.8 Å². The molecule has 1 aromatic heterocycles. The Morgan fingerprint density at radius 1 is 1.44 bits per heavy atom. The van der Waals surface area contributed by atoms with Crippen LogP contribution in [0.5, 0.6) is 0 Å². The molecule has 1 atom stereocenters. The van der Waals surface area contributed by atoms with Gasteiger partial charge in [-0.2, -0.15) is 0 Å². The molecule has 3 heteroatoms. The lowest BCUT2D eigenvalue weighted by Crippen LogP contribution is -2.38. The van der Waals surface area contributed by atoms with Crippen molar-refractivity contribution in [1.29, 1.82) is 0 Å². The summed E-state index contributed by atoms with van der Waals surface area (Å²) < 4.78 is 5.63. The molecule has 0 saturated heterocycles. The fraction of sp³-hybridized carbons (Fsp3) is 0.615. The maximum Gasteiger partial charge on any atom is 0.0750 e. The van der Waals surface area contributed by atoms with Crippen LogP contribution in [0.15, 0.2) is 24.4 Å². The third-order valence-electron chi connectivity index (χ3n) is 2.50. The molecule has 1 rings (SSSR count). The molecule has 90 valence electrons. The smallest absolute Gasteiger partial charge is 0.0750 e. The Hall–Kier alpha value is -0.930. The molecule has 0 radical (unpaired) electrons. The second-order valence-corrected chi connectivity index (χ2v) is 4.55. The fourth-order valence-electron chi connectivity index (χ4n) is 1.58. The van der Waals surface area contributed by atoms with Crippen LogP contribution in [0.2, 0.25) is 0 Å². The SMILES string of the molecule is CCOC(C)(C)CNC(C)c1ccccn1. The molecule has 1 N–H and O–H groups in total. The Kier molecular flexibility index (Phi) is 4.90. The van der Waals surface area contributed by atoms with Crippen molar-refractivity contribution in [1.82, 2.24) is 10.3 Å². The van der Waals surface area contributed by atoms with Crippen molar-refractivity contribution in [3.63, 3.8) is 0 Å². The van der Waals surface area contributed by atoms with E-state index in [1.54, 1.807) is 0 Å². The first-order valence-electron chi connectivity index (χ1n) is 5.83. The molecular formula is C13H22N2O. The minimum Gasteiger partial charge on any atom is -0.375 e. The number of ether oxygens (including phenoxy) is 1. The van der Waals surface area contributed by atoms with Crippen molar-refractivity contribution in [3.8, 4) is 0 Å². The average molecular weight is 222 g/mol. The summed E-state index contributed by atoms with van der Waals surface area (Å²) >= 11 is 0. The van der Waals surface area contributed by atoms with Crippen molar-refractivity contribution in [2.24, 2.45) is 0 Å². The lowest BCUT2D eigenvalue weighted by atomic mass is 10.1. The van der Waals surface area contributed by atoms with Gasteiger partial charge in [-0.25, -0.2) is 0 Å². The summed E-state index contributed by atoms with van der Waals surface area (Å²) in [6.45, 7) is 9.88. The lowest BCUT2D eigenvalue weighted by Gasteiger charge is -2.27. The molecule has 0 saturated carbocycles. The van der Waals surface area contributed by atoms with Gasteiger partial charge < -0.3 is 10.1 Å². The van der Waals surface area contributed by atoms with Crippen molar-refractivity contribution in [3.05, 3.63) is 30.1 Å². The summed E-state index contributed by atoms with van der Waals surface area (Å²) in [7, 11) is 0. The molecule has 0 aliphatic rings. The van der Waals surface area contributed by atoms with Crippen LogP contribution in [0.3, 0.4) is 0 Å². The second kappa shape index (κ2) is 5.97. The Bertz CT molecular complexity index is 298. The Morgan fingerprint density at radius 3 is 2.75 bits per heavy atom. The lowest BCUT2D eigenvalue weighted by molar-refractivity contribution is -0.0104. The van der Waals surface area contributed by atoms with E-state index in [2.05, 4.69) is 31.1 Å². The Labute approximate surface area is 98.2 Å². The van der Waals surface area contributed by atoms with Crippen LogP contribution in [0.4, 0.5) is 0 Å². The van der Waals surface area contributed by atoms with E-state index in [0.717, 1.165) is 18.8 Å². The normalized spacial score (nSPS) is 13.8. The molecule has 0 amide bonds. The van der Waals surface area contributed by atoms with Crippen LogP contribution in [-0.2, 0) is 4.74 Å². The highest BCUT2D eigenvalue weighted by Gasteiger charge is 2.18. The molecular weight excluding hydrogens is 200 g/mol. The van der Waals surface area contributed by atoms with E-state index < -0.39 is 0 Å². The summed E-state index contributed by atoms with van der Waals surface area (Å²) in [6.07, 6.45) is 1.82. The molecule has 0 spiro atoms. The zero-order chi connectivity index (χ0) is 12.0. The summed E-state index contributed by atoms with van der Waals surface area (Å²) in [4.78, 5) is 4.32. The standard InChI is InChI=1S/C13H22N2O/c1-5-16-13(3,4)10-15-11(2)12-8-6-7-9-14-12/h6-9,11,15H,5,10H2,1-4H3. The molecule has 16 heavy (non-hydrogen) atoms. The summed E-state index contributed by atoms with van der Waals surface area (Å²) in [5.41, 5.74) is 0.937. The molecule has 3 nitrogen and oxygen atoms in total. The van der Waals surface area contributed by atoms with E-state index in [4.69, 9.17) is 4.74 Å². The van der Waals surface area contributed by atoms with Gasteiger partial charge in [0.15, 0.2) is 0 Å². The van der Waals surface area contributed by atoms with E-state index in [9.17, 15) is 0 Å². The minimum absolute atomic E-state index is 0.127. The van der Waals surface area contributed by atoms with E-state index in [-0.39, 0.29) is 11.6 Å². The number of rotatable bonds is 6. The van der Waals surface area contributed by atoms with Crippen LogP contribution in [0.1, 0.15) is 39.4 Å². The van der Waals surface area contributed by atoms with Crippen LogP contribution < -0.4 is 5.32 Å². The monoisotopic (exact) mass is 222 g/mol. The van der Waals surface area contributed by atoms with Gasteiger partial charge in [0.2, 0.25) is 0 Å². The third-order valence-corrected chi connectivity index (χ3v) is 2.50. The van der Waals surface area contributed by atoms with Crippen LogP contribution in [0, 0.1) is 0 Å². The van der Waals surface area contributed by atoms with Gasteiger partial charge >= 0.3 is 0 Å². The van der Waals surface area contributed by atoms with Gasteiger partial charge in [-0.1, -0.05) is 6.07 Å². The van der Waals surface area contributed by atoms with E-state index in [0.29, 0.717) is 0 Å². The van der Waals surface area contributed by atoms with Crippen molar-refractivity contribution < 1.29 is 4.74 Å². The molecule has 1 aromatic rings. The highest BCUT2D eigenvalue weighted by atomic mass is 16.5. The van der Waals surface area contributed by atoms with Gasteiger partial charge in [0.25, 0.3) is 0 Å². The van der Waals surface area contributed by atoms with Crippen LogP contribution in [-0.4, -0.2) is 23.7 Å². The number of nitrogens with zero attached hydrogens (tertiary/aromatic N) is 1. The van der Waals surface area contributed by atoms with Crippen molar-refractivity contribution in [2.45, 2.75) is 39.3 Å². The first-order valence-corrected chi connectivity index (χ1v) is 5.83. The Morgan fingerprint density at radius 2 is 2.19 bits per heavy atom. The zero-order valence-corrected chi connectivity index (χ0v) is 10.7. The molecule has 0 bridgehead atoms. The van der Waals surface area contributed by atoms with E-state index in [1.807, 2.05) is 31.3 Å². The van der Waals surface area contributed by atoms with Gasteiger partial charge in [0, 0.05) is 25.4 Å². The molecule has 0 aliphatic carbocycles. The average Bonchev–Trinajstić information content (AvgIpc) is 2.27. The highest BCUT2D eigenvalue weighted by molar-refractivity contribution is 5.07. The first kappa shape index (κ1) is 13.1. The van der Waals surface area contributed by atoms with E-state index in [1.165, 1.54) is 0 Å². The third kappa shape index (κ3) is 4.29. The number of hydrogen-bond donors (Lipinski definition) is 1. The number of hydrogen-bond acceptors (Lipinski definition) is 3. The summed E-state index contributed by atoms with van der Waals surface area (Å²) in [5, 5.41) is 3.44. The number of aromatic nitrogens is 1. The van der Waals surface area contributed by atoms with Crippen molar-refractivity contribution >= 4 is 0 Å². The molecule has 0 fully saturated rings. The molecule has 1 unspecified atom stereocenters. The molecule has 0 aliphatic heterocycles. The van der Waals surface area contributed by atoms with Crippen LogP contribution in [0.25, 0.3) is 0 Å². The van der Waals surface area contributed by atoms with Gasteiger partial charge in [0.1, 0.15) is 0 Å². The molecule has 0 aromatic carbocycles. The number of nitrogens with one attached hydrogen (secondary N) is 1. The highest BCUT2D eigenvalue weighted by Crippen LogP contribution is 2.12. The molecule has 1 heterocycles. The Balaban J connectivity index is 2.44. The first-order chi connectivity index (χ1) is 7.55. The second-order valence-electron chi connectivity index (χ2n) is 4.55. The van der Waals surface area contributed by atoms with Crippen LogP contribution >= 0.6 is 0 Å². The van der Waals surface area contributed by atoms with Crippen molar-refractivity contribution in [2.75, 3.05) is 13.2 Å². The predicted molar refractivity (Wildman–Crippen MR) is 66.4 cm³/mol. The van der Waals surface area contributed by atoms with Gasteiger partial charge in [0.05, 0.1) is 11.3 Å². The predicted octanol–water partition coefficient (Wildman–Crippen LogP) is 2.55. The maximum absolute atomic E-state index is 5.63. The van der Waals surface area contributed by atoms with Gasteiger partial charge in [-0.3, -0.25) is 4.98 Å². The topological polar surface area (TPSA) is 34.1 Å². The largest absolute Gasteiger partial charge is 0.375 e. The fourth-order valence-corrected chi connectivity index (χ4v) is 1.58. The van der Waals surface area contributed by atoms with Gasteiger partial charge in [-0.15, -0.1) is 0 Å². The van der Waals surface area contributed by atoms with E-state index >= 15 is 0 Å². The summed E-state index contributed by atoms with van der Waals surface area (Å²) in [5.74, 6) is 0. The number of pyridine rings is 1. The summed E-state index contributed by atoms with van der Waals surface area (Å²) in [6, 6.07) is 6.22. The minimum atomic E-state index is -0.127. The maximum atomic E-state index is 5.63.